The van der Waals surface area contributed by atoms with Crippen molar-refractivity contribution in [1.29, 1.82) is 0 Å². The van der Waals surface area contributed by atoms with Gasteiger partial charge in [-0.1, -0.05) is 80.1 Å². The van der Waals surface area contributed by atoms with Crippen molar-refractivity contribution < 1.29 is 4.79 Å². The number of carbonyl (C=O) groups excluding carboxylic acids is 1. The second kappa shape index (κ2) is 9.95. The number of benzene rings is 2. The molecule has 1 atom stereocenters. The van der Waals surface area contributed by atoms with Crippen LogP contribution in [0.5, 0.6) is 0 Å². The predicted octanol–water partition coefficient (Wildman–Crippen LogP) is 5.39. The molecule has 0 N–H and O–H groups in total. The van der Waals surface area contributed by atoms with Gasteiger partial charge in [-0.3, -0.25) is 9.69 Å². The van der Waals surface area contributed by atoms with Gasteiger partial charge >= 0.3 is 0 Å². The maximum Gasteiger partial charge on any atom is 0.172 e. The molecule has 132 valence electrons. The number of carbonyl (C=O) groups is 1. The van der Waals surface area contributed by atoms with E-state index in [1.807, 2.05) is 25.1 Å². The van der Waals surface area contributed by atoms with Crippen LogP contribution in [0.2, 0.25) is 0 Å². The van der Waals surface area contributed by atoms with Crippen molar-refractivity contribution in [1.82, 2.24) is 4.90 Å². The summed E-state index contributed by atoms with van der Waals surface area (Å²) in [4.78, 5) is 15.1. The van der Waals surface area contributed by atoms with Crippen molar-refractivity contribution in [2.75, 3.05) is 0 Å². The summed E-state index contributed by atoms with van der Waals surface area (Å²) < 4.78 is 0. The monoisotopic (exact) mass is 335 g/mol. The van der Waals surface area contributed by atoms with E-state index in [1.165, 1.54) is 11.1 Å². The van der Waals surface area contributed by atoms with Gasteiger partial charge in [0, 0.05) is 13.1 Å². The van der Waals surface area contributed by atoms with Crippen LogP contribution in [-0.4, -0.2) is 16.7 Å². The molecule has 0 aliphatic rings. The summed E-state index contributed by atoms with van der Waals surface area (Å²) in [7, 11) is 0. The van der Waals surface area contributed by atoms with Crippen LogP contribution in [0.15, 0.2) is 72.3 Å². The SMILES string of the molecule is CC/C(C)=C/C(=O)C(CC)N(Cc1ccccc1)Cc1ccccc1. The summed E-state index contributed by atoms with van der Waals surface area (Å²) in [5.41, 5.74) is 3.62. The minimum atomic E-state index is -0.0955. The highest BCUT2D eigenvalue weighted by Gasteiger charge is 2.23. The molecule has 2 aromatic rings. The van der Waals surface area contributed by atoms with Gasteiger partial charge in [-0.2, -0.15) is 0 Å². The van der Waals surface area contributed by atoms with Gasteiger partial charge in [-0.15, -0.1) is 0 Å². The number of hydrogen-bond acceptors (Lipinski definition) is 2. The molecule has 0 spiro atoms. The predicted molar refractivity (Wildman–Crippen MR) is 105 cm³/mol. The average molecular weight is 335 g/mol. The first kappa shape index (κ1) is 19.1. The minimum absolute atomic E-state index is 0.0955. The second-order valence-electron chi connectivity index (χ2n) is 6.55. The van der Waals surface area contributed by atoms with Gasteiger partial charge in [0.05, 0.1) is 6.04 Å². The van der Waals surface area contributed by atoms with Gasteiger partial charge in [-0.25, -0.2) is 0 Å². The normalized spacial score (nSPS) is 13.0. The fraction of sp³-hybridized carbons (Fsp3) is 0.348. The number of rotatable bonds is 9. The topological polar surface area (TPSA) is 20.3 Å². The minimum Gasteiger partial charge on any atom is -0.293 e. The fourth-order valence-corrected chi connectivity index (χ4v) is 2.99. The molecule has 2 heteroatoms. The maximum atomic E-state index is 12.8. The molecule has 0 aliphatic heterocycles. The number of ketones is 1. The number of hydrogen-bond donors (Lipinski definition) is 0. The summed E-state index contributed by atoms with van der Waals surface area (Å²) in [5, 5.41) is 0. The van der Waals surface area contributed by atoms with E-state index in [0.717, 1.165) is 31.5 Å². The van der Waals surface area contributed by atoms with Crippen molar-refractivity contribution in [3.05, 3.63) is 83.4 Å². The Balaban J connectivity index is 2.26. The highest BCUT2D eigenvalue weighted by Crippen LogP contribution is 2.17. The molecular formula is C23H29NO. The molecule has 2 nitrogen and oxygen atoms in total. The number of nitrogens with zero attached hydrogens (tertiary/aromatic N) is 1. The Kier molecular flexibility index (Phi) is 7.62. The zero-order valence-corrected chi connectivity index (χ0v) is 15.6. The van der Waals surface area contributed by atoms with Gasteiger partial charge in [0.25, 0.3) is 0 Å². The summed E-state index contributed by atoms with van der Waals surface area (Å²) >= 11 is 0. The molecule has 0 fully saturated rings. The largest absolute Gasteiger partial charge is 0.293 e. The Morgan fingerprint density at radius 2 is 1.40 bits per heavy atom. The van der Waals surface area contributed by atoms with Gasteiger partial charge < -0.3 is 0 Å². The summed E-state index contributed by atoms with van der Waals surface area (Å²) in [6.07, 6.45) is 3.56. The van der Waals surface area contributed by atoms with Gasteiger partial charge in [0.15, 0.2) is 5.78 Å². The lowest BCUT2D eigenvalue weighted by atomic mass is 10.0. The molecule has 0 aliphatic carbocycles. The average Bonchev–Trinajstić information content (AvgIpc) is 2.63. The molecule has 0 aromatic heterocycles. The molecule has 0 heterocycles. The zero-order valence-electron chi connectivity index (χ0n) is 15.6. The molecule has 25 heavy (non-hydrogen) atoms. The standard InChI is InChI=1S/C23H29NO/c1-4-19(3)16-23(25)22(5-2)24(17-20-12-8-6-9-13-20)18-21-14-10-7-11-15-21/h6-16,22H,4-5,17-18H2,1-3H3/b19-16+. The van der Waals surface area contributed by atoms with Crippen molar-refractivity contribution in [2.45, 2.75) is 52.7 Å². The van der Waals surface area contributed by atoms with Crippen LogP contribution in [0, 0.1) is 0 Å². The van der Waals surface area contributed by atoms with E-state index in [2.05, 4.69) is 67.3 Å². The molecule has 0 saturated carbocycles. The van der Waals surface area contributed by atoms with E-state index in [0.29, 0.717) is 0 Å². The third-order valence-corrected chi connectivity index (χ3v) is 4.56. The van der Waals surface area contributed by atoms with Crippen molar-refractivity contribution in [3.63, 3.8) is 0 Å². The Bertz CT molecular complexity index is 634. The van der Waals surface area contributed by atoms with Gasteiger partial charge in [0.2, 0.25) is 0 Å². The third-order valence-electron chi connectivity index (χ3n) is 4.56. The lowest BCUT2D eigenvalue weighted by Gasteiger charge is -2.30. The first-order valence-corrected chi connectivity index (χ1v) is 9.17. The van der Waals surface area contributed by atoms with Crippen LogP contribution in [-0.2, 0) is 17.9 Å². The Morgan fingerprint density at radius 1 is 0.920 bits per heavy atom. The molecule has 0 amide bonds. The molecule has 0 bridgehead atoms. The Hall–Kier alpha value is -2.19. The first-order chi connectivity index (χ1) is 12.1. The lowest BCUT2D eigenvalue weighted by Crippen LogP contribution is -2.39. The summed E-state index contributed by atoms with van der Waals surface area (Å²) in [5.74, 6) is 0.216. The quantitative estimate of drug-likeness (QED) is 0.572. The van der Waals surface area contributed by atoms with Gasteiger partial charge in [0.1, 0.15) is 0 Å². The molecular weight excluding hydrogens is 306 g/mol. The van der Waals surface area contributed by atoms with E-state index in [1.54, 1.807) is 0 Å². The molecule has 2 aromatic carbocycles. The van der Waals surface area contributed by atoms with Crippen LogP contribution in [0.25, 0.3) is 0 Å². The molecule has 0 radical (unpaired) electrons. The van der Waals surface area contributed by atoms with E-state index >= 15 is 0 Å². The molecule has 1 unspecified atom stereocenters. The fourth-order valence-electron chi connectivity index (χ4n) is 2.99. The smallest absolute Gasteiger partial charge is 0.172 e. The van der Waals surface area contributed by atoms with E-state index < -0.39 is 0 Å². The van der Waals surface area contributed by atoms with E-state index in [-0.39, 0.29) is 11.8 Å². The summed E-state index contributed by atoms with van der Waals surface area (Å²) in [6.45, 7) is 7.77. The van der Waals surface area contributed by atoms with Crippen LogP contribution in [0.1, 0.15) is 44.7 Å². The van der Waals surface area contributed by atoms with Crippen LogP contribution in [0.4, 0.5) is 0 Å². The Labute approximate surface area is 152 Å². The van der Waals surface area contributed by atoms with Crippen molar-refractivity contribution in [3.8, 4) is 0 Å². The maximum absolute atomic E-state index is 12.8. The third kappa shape index (κ3) is 5.99. The Morgan fingerprint density at radius 3 is 1.80 bits per heavy atom. The van der Waals surface area contributed by atoms with Crippen LogP contribution >= 0.6 is 0 Å². The highest BCUT2D eigenvalue weighted by molar-refractivity contribution is 5.94. The lowest BCUT2D eigenvalue weighted by molar-refractivity contribution is -0.120. The van der Waals surface area contributed by atoms with Crippen molar-refractivity contribution in [2.24, 2.45) is 0 Å². The van der Waals surface area contributed by atoms with Crippen LogP contribution < -0.4 is 0 Å². The zero-order chi connectivity index (χ0) is 18.1. The van der Waals surface area contributed by atoms with E-state index in [4.69, 9.17) is 0 Å². The highest BCUT2D eigenvalue weighted by atomic mass is 16.1. The molecule has 2 rings (SSSR count). The van der Waals surface area contributed by atoms with Gasteiger partial charge in [-0.05, 0) is 37.0 Å². The van der Waals surface area contributed by atoms with Crippen molar-refractivity contribution >= 4 is 5.78 Å². The van der Waals surface area contributed by atoms with Crippen LogP contribution in [0.3, 0.4) is 0 Å². The number of allylic oxidation sites excluding steroid dienone is 1. The van der Waals surface area contributed by atoms with E-state index in [9.17, 15) is 4.79 Å². The first-order valence-electron chi connectivity index (χ1n) is 9.17. The summed E-state index contributed by atoms with van der Waals surface area (Å²) in [6, 6.07) is 20.7. The molecule has 0 saturated heterocycles. The second-order valence-corrected chi connectivity index (χ2v) is 6.55.